The number of benzene rings is 1. The van der Waals surface area contributed by atoms with Crippen LogP contribution >= 0.6 is 0 Å². The second-order valence-corrected chi connectivity index (χ2v) is 3.79. The summed E-state index contributed by atoms with van der Waals surface area (Å²) in [6, 6.07) is 9.37. The highest BCUT2D eigenvalue weighted by atomic mass is 16.5. The van der Waals surface area contributed by atoms with E-state index in [2.05, 4.69) is 6.92 Å². The summed E-state index contributed by atoms with van der Waals surface area (Å²) in [6.07, 6.45) is 2.67. The number of aliphatic carboxylic acids is 1. The fourth-order valence-corrected chi connectivity index (χ4v) is 1.52. The molecular formula is C13H18O3. The van der Waals surface area contributed by atoms with Crippen molar-refractivity contribution in [2.45, 2.75) is 38.7 Å². The molecule has 0 aliphatic heterocycles. The van der Waals surface area contributed by atoms with Gasteiger partial charge in [-0.05, 0) is 18.6 Å². The van der Waals surface area contributed by atoms with Crippen LogP contribution in [-0.4, -0.2) is 17.2 Å². The van der Waals surface area contributed by atoms with Gasteiger partial charge in [-0.2, -0.15) is 0 Å². The quantitative estimate of drug-likeness (QED) is 0.771. The van der Waals surface area contributed by atoms with Gasteiger partial charge in [0.15, 0.2) is 0 Å². The van der Waals surface area contributed by atoms with Gasteiger partial charge in [0.2, 0.25) is 0 Å². The molecule has 88 valence electrons. The highest BCUT2D eigenvalue weighted by Gasteiger charge is 2.14. The Morgan fingerprint density at radius 2 is 2.06 bits per heavy atom. The topological polar surface area (TPSA) is 46.5 Å². The van der Waals surface area contributed by atoms with E-state index in [0.717, 1.165) is 25.0 Å². The fraction of sp³-hybridized carbons (Fsp3) is 0.462. The van der Waals surface area contributed by atoms with Gasteiger partial charge in [-0.25, -0.2) is 0 Å². The highest BCUT2D eigenvalue weighted by Crippen LogP contribution is 2.16. The number of rotatable bonds is 7. The number of ether oxygens (including phenoxy) is 1. The molecule has 0 radical (unpaired) electrons. The zero-order chi connectivity index (χ0) is 11.8. The van der Waals surface area contributed by atoms with Crippen LogP contribution in [0.3, 0.4) is 0 Å². The lowest BCUT2D eigenvalue weighted by Gasteiger charge is -2.17. The summed E-state index contributed by atoms with van der Waals surface area (Å²) in [4.78, 5) is 10.7. The van der Waals surface area contributed by atoms with Crippen molar-refractivity contribution in [2.75, 3.05) is 0 Å². The zero-order valence-corrected chi connectivity index (χ0v) is 9.56. The van der Waals surface area contributed by atoms with Gasteiger partial charge < -0.3 is 9.84 Å². The van der Waals surface area contributed by atoms with Crippen molar-refractivity contribution in [3.8, 4) is 5.75 Å². The Balaban J connectivity index is 2.52. The third-order valence-electron chi connectivity index (χ3n) is 2.33. The van der Waals surface area contributed by atoms with Gasteiger partial charge >= 0.3 is 5.97 Å². The van der Waals surface area contributed by atoms with E-state index in [4.69, 9.17) is 9.84 Å². The minimum absolute atomic E-state index is 0.0644. The van der Waals surface area contributed by atoms with E-state index in [9.17, 15) is 4.79 Å². The van der Waals surface area contributed by atoms with Crippen LogP contribution < -0.4 is 4.74 Å². The largest absolute Gasteiger partial charge is 0.490 e. The Labute approximate surface area is 96.1 Å². The molecule has 3 heteroatoms. The van der Waals surface area contributed by atoms with Gasteiger partial charge in [-0.3, -0.25) is 4.79 Å². The molecule has 0 saturated heterocycles. The minimum Gasteiger partial charge on any atom is -0.490 e. The lowest BCUT2D eigenvalue weighted by molar-refractivity contribution is -0.138. The fourth-order valence-electron chi connectivity index (χ4n) is 1.52. The molecule has 3 nitrogen and oxygen atoms in total. The van der Waals surface area contributed by atoms with Crippen LogP contribution in [0.1, 0.15) is 32.6 Å². The van der Waals surface area contributed by atoms with Crippen molar-refractivity contribution in [2.24, 2.45) is 0 Å². The maximum atomic E-state index is 10.7. The first kappa shape index (κ1) is 12.6. The molecule has 1 aromatic carbocycles. The summed E-state index contributed by atoms with van der Waals surface area (Å²) in [5.74, 6) is -0.0677. The summed E-state index contributed by atoms with van der Waals surface area (Å²) < 4.78 is 5.65. The summed E-state index contributed by atoms with van der Waals surface area (Å²) in [7, 11) is 0. The summed E-state index contributed by atoms with van der Waals surface area (Å²) in [6.45, 7) is 2.08. The Kier molecular flexibility index (Phi) is 5.40. The van der Waals surface area contributed by atoms with Crippen LogP contribution in [0.5, 0.6) is 5.75 Å². The van der Waals surface area contributed by atoms with Crippen LogP contribution in [0.2, 0.25) is 0 Å². The van der Waals surface area contributed by atoms with E-state index < -0.39 is 5.97 Å². The van der Waals surface area contributed by atoms with E-state index in [0.29, 0.717) is 0 Å². The van der Waals surface area contributed by atoms with Crippen molar-refractivity contribution in [1.82, 2.24) is 0 Å². The molecule has 0 heterocycles. The van der Waals surface area contributed by atoms with Gasteiger partial charge in [0, 0.05) is 0 Å². The molecule has 1 unspecified atom stereocenters. The number of carboxylic acid groups (broad SMARTS) is 1. The first-order valence-corrected chi connectivity index (χ1v) is 5.66. The van der Waals surface area contributed by atoms with Crippen molar-refractivity contribution in [1.29, 1.82) is 0 Å². The molecule has 0 aliphatic carbocycles. The predicted octanol–water partition coefficient (Wildman–Crippen LogP) is 3.10. The van der Waals surface area contributed by atoms with E-state index >= 15 is 0 Å². The standard InChI is InChI=1S/C13H18O3/c1-2-3-7-12(10-13(14)15)16-11-8-5-4-6-9-11/h4-6,8-9,12H,2-3,7,10H2,1H3,(H,14,15). The second kappa shape index (κ2) is 6.88. The van der Waals surface area contributed by atoms with Crippen LogP contribution in [0, 0.1) is 0 Å². The monoisotopic (exact) mass is 222 g/mol. The lowest BCUT2D eigenvalue weighted by Crippen LogP contribution is -2.20. The van der Waals surface area contributed by atoms with E-state index in [1.54, 1.807) is 0 Å². The van der Waals surface area contributed by atoms with E-state index in [1.165, 1.54) is 0 Å². The van der Waals surface area contributed by atoms with Crippen LogP contribution in [-0.2, 0) is 4.79 Å². The normalized spacial score (nSPS) is 12.1. The lowest BCUT2D eigenvalue weighted by atomic mass is 10.1. The molecule has 0 aromatic heterocycles. The summed E-state index contributed by atoms with van der Waals surface area (Å²) in [5, 5.41) is 8.78. The number of unbranched alkanes of at least 4 members (excludes halogenated alkanes) is 1. The average molecular weight is 222 g/mol. The Bertz CT molecular complexity index is 308. The van der Waals surface area contributed by atoms with Gasteiger partial charge in [-0.1, -0.05) is 38.0 Å². The zero-order valence-electron chi connectivity index (χ0n) is 9.56. The van der Waals surface area contributed by atoms with Crippen LogP contribution in [0.25, 0.3) is 0 Å². The number of hydrogen-bond donors (Lipinski definition) is 1. The molecule has 1 rings (SSSR count). The maximum absolute atomic E-state index is 10.7. The molecule has 0 amide bonds. The molecule has 0 fully saturated rings. The van der Waals surface area contributed by atoms with Crippen molar-refractivity contribution in [3.63, 3.8) is 0 Å². The molecule has 0 saturated carbocycles. The summed E-state index contributed by atoms with van der Waals surface area (Å²) in [5.41, 5.74) is 0. The first-order valence-electron chi connectivity index (χ1n) is 5.66. The number of para-hydroxylation sites is 1. The summed E-state index contributed by atoms with van der Waals surface area (Å²) >= 11 is 0. The van der Waals surface area contributed by atoms with Gasteiger partial charge in [0.05, 0.1) is 6.42 Å². The molecule has 0 bridgehead atoms. The predicted molar refractivity (Wildman–Crippen MR) is 62.6 cm³/mol. The number of carboxylic acids is 1. The first-order chi connectivity index (χ1) is 7.72. The molecule has 16 heavy (non-hydrogen) atoms. The van der Waals surface area contributed by atoms with Crippen molar-refractivity contribution < 1.29 is 14.6 Å². The third kappa shape index (κ3) is 4.82. The Morgan fingerprint density at radius 1 is 1.38 bits per heavy atom. The Hall–Kier alpha value is -1.51. The molecule has 0 spiro atoms. The number of carbonyl (C=O) groups is 1. The van der Waals surface area contributed by atoms with Gasteiger partial charge in [0.25, 0.3) is 0 Å². The van der Waals surface area contributed by atoms with Crippen molar-refractivity contribution >= 4 is 5.97 Å². The smallest absolute Gasteiger partial charge is 0.307 e. The number of hydrogen-bond acceptors (Lipinski definition) is 2. The molecule has 0 aliphatic rings. The van der Waals surface area contributed by atoms with Gasteiger partial charge in [0.1, 0.15) is 11.9 Å². The minimum atomic E-state index is -0.808. The van der Waals surface area contributed by atoms with E-state index in [1.807, 2.05) is 30.3 Å². The molecule has 1 N–H and O–H groups in total. The SMILES string of the molecule is CCCCC(CC(=O)O)Oc1ccccc1. The van der Waals surface area contributed by atoms with Crippen LogP contribution in [0.15, 0.2) is 30.3 Å². The second-order valence-electron chi connectivity index (χ2n) is 3.79. The molecule has 1 aromatic rings. The van der Waals surface area contributed by atoms with Gasteiger partial charge in [-0.15, -0.1) is 0 Å². The average Bonchev–Trinajstić information content (AvgIpc) is 2.26. The van der Waals surface area contributed by atoms with Crippen molar-refractivity contribution in [3.05, 3.63) is 30.3 Å². The maximum Gasteiger partial charge on any atom is 0.307 e. The Morgan fingerprint density at radius 3 is 2.62 bits per heavy atom. The molecular weight excluding hydrogens is 204 g/mol. The van der Waals surface area contributed by atoms with Crippen LogP contribution in [0.4, 0.5) is 0 Å². The third-order valence-corrected chi connectivity index (χ3v) is 2.33. The highest BCUT2D eigenvalue weighted by molar-refractivity contribution is 5.67. The van der Waals surface area contributed by atoms with E-state index in [-0.39, 0.29) is 12.5 Å². The molecule has 1 atom stereocenters.